The Kier molecular flexibility index (Phi) is 5.24. The fraction of sp³-hybridized carbons (Fsp3) is 0.800. The number of allylic oxidation sites excluding steroid dienone is 2. The van der Waals surface area contributed by atoms with Crippen molar-refractivity contribution in [2.75, 3.05) is 6.54 Å². The molecule has 1 saturated carbocycles. The first-order chi connectivity index (χ1) is 8.79. The molecule has 0 aromatic carbocycles. The summed E-state index contributed by atoms with van der Waals surface area (Å²) in [6, 6.07) is 0.197. The third-order valence-corrected chi connectivity index (χ3v) is 4.38. The maximum Gasteiger partial charge on any atom is 0.220 e. The fourth-order valence-electron chi connectivity index (χ4n) is 3.27. The normalized spacial score (nSPS) is 26.2. The summed E-state index contributed by atoms with van der Waals surface area (Å²) in [7, 11) is 0. The van der Waals surface area contributed by atoms with Crippen LogP contribution in [0.3, 0.4) is 0 Å². The van der Waals surface area contributed by atoms with Crippen LogP contribution in [0.5, 0.6) is 0 Å². The van der Waals surface area contributed by atoms with Gasteiger partial charge in [-0.15, -0.1) is 0 Å². The molecule has 0 spiro atoms. The zero-order valence-electron chi connectivity index (χ0n) is 11.2. The van der Waals surface area contributed by atoms with Crippen molar-refractivity contribution in [1.82, 2.24) is 5.32 Å². The van der Waals surface area contributed by atoms with Gasteiger partial charge in [-0.1, -0.05) is 31.4 Å². The van der Waals surface area contributed by atoms with Crippen molar-refractivity contribution in [3.8, 4) is 0 Å². The van der Waals surface area contributed by atoms with Crippen molar-refractivity contribution in [2.45, 2.75) is 57.4 Å². The van der Waals surface area contributed by atoms with Crippen LogP contribution in [0.4, 0.5) is 0 Å². The lowest BCUT2D eigenvalue weighted by Gasteiger charge is -2.30. The second-order valence-electron chi connectivity index (χ2n) is 5.78. The summed E-state index contributed by atoms with van der Waals surface area (Å²) in [6.45, 7) is 0.580. The summed E-state index contributed by atoms with van der Waals surface area (Å²) in [5, 5.41) is 3.17. The predicted molar refractivity (Wildman–Crippen MR) is 74.0 cm³/mol. The first kappa shape index (κ1) is 13.6. The number of carbonyl (C=O) groups excluding carboxylic acids is 1. The Morgan fingerprint density at radius 3 is 2.67 bits per heavy atom. The van der Waals surface area contributed by atoms with Crippen molar-refractivity contribution in [3.05, 3.63) is 12.2 Å². The highest BCUT2D eigenvalue weighted by Gasteiger charge is 2.24. The predicted octanol–water partition coefficient (Wildman–Crippen LogP) is 2.37. The van der Waals surface area contributed by atoms with Crippen LogP contribution in [0.2, 0.25) is 0 Å². The zero-order chi connectivity index (χ0) is 12.8. The summed E-state index contributed by atoms with van der Waals surface area (Å²) < 4.78 is 0. The molecule has 3 nitrogen and oxygen atoms in total. The van der Waals surface area contributed by atoms with E-state index in [2.05, 4.69) is 17.5 Å². The molecular formula is C15H26N2O. The number of carbonyl (C=O) groups is 1. The molecule has 18 heavy (non-hydrogen) atoms. The lowest BCUT2D eigenvalue weighted by molar-refractivity contribution is -0.122. The Balaban J connectivity index is 1.77. The molecule has 2 aliphatic rings. The Hall–Kier alpha value is -0.830. The van der Waals surface area contributed by atoms with Crippen molar-refractivity contribution in [1.29, 1.82) is 0 Å². The quantitative estimate of drug-likeness (QED) is 0.736. The van der Waals surface area contributed by atoms with Crippen LogP contribution in [0.15, 0.2) is 12.2 Å². The third-order valence-electron chi connectivity index (χ3n) is 4.38. The minimum Gasteiger partial charge on any atom is -0.352 e. The molecule has 0 heterocycles. The van der Waals surface area contributed by atoms with Gasteiger partial charge in [0.15, 0.2) is 0 Å². The lowest BCUT2D eigenvalue weighted by atomic mass is 9.84. The Morgan fingerprint density at radius 1 is 1.28 bits per heavy atom. The molecule has 0 aromatic rings. The van der Waals surface area contributed by atoms with Crippen molar-refractivity contribution in [2.24, 2.45) is 17.6 Å². The Bertz CT molecular complexity index is 295. The molecule has 0 aromatic heterocycles. The van der Waals surface area contributed by atoms with Gasteiger partial charge in [0, 0.05) is 19.0 Å². The third kappa shape index (κ3) is 3.84. The van der Waals surface area contributed by atoms with E-state index in [0.29, 0.717) is 24.8 Å². The highest BCUT2D eigenvalue weighted by molar-refractivity contribution is 5.76. The van der Waals surface area contributed by atoms with Crippen molar-refractivity contribution in [3.63, 3.8) is 0 Å². The molecule has 0 aliphatic heterocycles. The highest BCUT2D eigenvalue weighted by atomic mass is 16.1. The molecule has 0 bridgehead atoms. The van der Waals surface area contributed by atoms with Crippen LogP contribution in [-0.2, 0) is 4.79 Å². The molecule has 3 heteroatoms. The number of rotatable bonds is 5. The standard InChI is InChI=1S/C15H26N2O/c16-11-14(13-8-2-1-3-9-13)17-15(18)10-12-6-4-5-7-12/h4,6,12-14H,1-3,5,7-11,16H2,(H,17,18). The maximum atomic E-state index is 12.0. The van der Waals surface area contributed by atoms with Gasteiger partial charge in [0.1, 0.15) is 0 Å². The van der Waals surface area contributed by atoms with Crippen molar-refractivity contribution >= 4 is 5.91 Å². The van der Waals surface area contributed by atoms with E-state index in [1.165, 1.54) is 32.1 Å². The van der Waals surface area contributed by atoms with Gasteiger partial charge in [0.2, 0.25) is 5.91 Å². The van der Waals surface area contributed by atoms with Gasteiger partial charge >= 0.3 is 0 Å². The van der Waals surface area contributed by atoms with Crippen LogP contribution in [0.1, 0.15) is 51.4 Å². The molecule has 2 atom stereocenters. The van der Waals surface area contributed by atoms with E-state index >= 15 is 0 Å². The Labute approximate surface area is 110 Å². The topological polar surface area (TPSA) is 55.1 Å². The zero-order valence-corrected chi connectivity index (χ0v) is 11.2. The molecule has 1 amide bonds. The summed E-state index contributed by atoms with van der Waals surface area (Å²) >= 11 is 0. The smallest absolute Gasteiger partial charge is 0.220 e. The van der Waals surface area contributed by atoms with E-state index in [-0.39, 0.29) is 11.9 Å². The van der Waals surface area contributed by atoms with E-state index < -0.39 is 0 Å². The number of nitrogens with two attached hydrogens (primary N) is 1. The first-order valence-corrected chi connectivity index (χ1v) is 7.45. The maximum absolute atomic E-state index is 12.0. The molecule has 2 rings (SSSR count). The summed E-state index contributed by atoms with van der Waals surface area (Å²) in [5.74, 6) is 1.24. The van der Waals surface area contributed by atoms with Crippen LogP contribution in [0, 0.1) is 11.8 Å². The van der Waals surface area contributed by atoms with Gasteiger partial charge in [-0.3, -0.25) is 4.79 Å². The van der Waals surface area contributed by atoms with Crippen LogP contribution < -0.4 is 11.1 Å². The number of amides is 1. The van der Waals surface area contributed by atoms with Crippen molar-refractivity contribution < 1.29 is 4.79 Å². The van der Waals surface area contributed by atoms with Crippen LogP contribution in [-0.4, -0.2) is 18.5 Å². The summed E-state index contributed by atoms with van der Waals surface area (Å²) in [4.78, 5) is 12.0. The SMILES string of the molecule is NCC(NC(=O)CC1C=CCC1)C1CCCCC1. The van der Waals surface area contributed by atoms with Gasteiger partial charge in [-0.05, 0) is 37.5 Å². The van der Waals surface area contributed by atoms with Gasteiger partial charge in [0.25, 0.3) is 0 Å². The van der Waals surface area contributed by atoms with E-state index in [0.717, 1.165) is 12.8 Å². The molecule has 0 saturated heterocycles. The highest BCUT2D eigenvalue weighted by Crippen LogP contribution is 2.26. The molecule has 102 valence electrons. The largest absolute Gasteiger partial charge is 0.352 e. The van der Waals surface area contributed by atoms with Crippen LogP contribution >= 0.6 is 0 Å². The monoisotopic (exact) mass is 250 g/mol. The fourth-order valence-corrected chi connectivity index (χ4v) is 3.27. The van der Waals surface area contributed by atoms with E-state index in [1.807, 2.05) is 0 Å². The van der Waals surface area contributed by atoms with Gasteiger partial charge in [-0.25, -0.2) is 0 Å². The molecule has 2 aliphatic carbocycles. The number of hydrogen-bond acceptors (Lipinski definition) is 2. The van der Waals surface area contributed by atoms with Crippen LogP contribution in [0.25, 0.3) is 0 Å². The van der Waals surface area contributed by atoms with Gasteiger partial charge in [-0.2, -0.15) is 0 Å². The Morgan fingerprint density at radius 2 is 2.06 bits per heavy atom. The summed E-state index contributed by atoms with van der Waals surface area (Å²) in [5.41, 5.74) is 5.83. The lowest BCUT2D eigenvalue weighted by Crippen LogP contribution is -2.46. The molecule has 3 N–H and O–H groups in total. The van der Waals surface area contributed by atoms with E-state index in [1.54, 1.807) is 0 Å². The molecule has 0 radical (unpaired) electrons. The summed E-state index contributed by atoms with van der Waals surface area (Å²) in [6.07, 6.45) is 13.6. The van der Waals surface area contributed by atoms with Gasteiger partial charge in [0.05, 0.1) is 0 Å². The van der Waals surface area contributed by atoms with Gasteiger partial charge < -0.3 is 11.1 Å². The molecule has 2 unspecified atom stereocenters. The molecular weight excluding hydrogens is 224 g/mol. The molecule has 1 fully saturated rings. The minimum atomic E-state index is 0.188. The van der Waals surface area contributed by atoms with E-state index in [9.17, 15) is 4.79 Å². The number of hydrogen-bond donors (Lipinski definition) is 2. The minimum absolute atomic E-state index is 0.188. The average Bonchev–Trinajstić information content (AvgIpc) is 2.90. The average molecular weight is 250 g/mol. The van der Waals surface area contributed by atoms with E-state index in [4.69, 9.17) is 5.73 Å². The second-order valence-corrected chi connectivity index (χ2v) is 5.78. The second kappa shape index (κ2) is 6.93. The number of nitrogens with one attached hydrogen (secondary N) is 1. The first-order valence-electron chi connectivity index (χ1n) is 7.45.